The van der Waals surface area contributed by atoms with Gasteiger partial charge in [-0.15, -0.1) is 0 Å². The van der Waals surface area contributed by atoms with Crippen LogP contribution in [0.2, 0.25) is 0 Å². The molecule has 0 saturated carbocycles. The second-order valence-electron chi connectivity index (χ2n) is 13.6. The average molecular weight is 717 g/mol. The Bertz CT molecular complexity index is 2930. The highest BCUT2D eigenvalue weighted by atomic mass is 15.0. The minimum atomic E-state index is 0.602. The van der Waals surface area contributed by atoms with Gasteiger partial charge < -0.3 is 0 Å². The molecular formula is C50H32N6. The van der Waals surface area contributed by atoms with E-state index in [0.29, 0.717) is 17.5 Å². The normalized spacial score (nSPS) is 11.2. The van der Waals surface area contributed by atoms with Crippen LogP contribution in [0.15, 0.2) is 194 Å². The van der Waals surface area contributed by atoms with Crippen molar-refractivity contribution in [3.63, 3.8) is 0 Å². The summed E-state index contributed by atoms with van der Waals surface area (Å²) in [5.74, 6) is 1.83. The van der Waals surface area contributed by atoms with Gasteiger partial charge in [-0.2, -0.15) is 0 Å². The van der Waals surface area contributed by atoms with E-state index < -0.39 is 0 Å². The molecule has 10 rings (SSSR count). The van der Waals surface area contributed by atoms with Crippen LogP contribution in [0.25, 0.3) is 101 Å². The van der Waals surface area contributed by atoms with Crippen molar-refractivity contribution < 1.29 is 0 Å². The highest BCUT2D eigenvalue weighted by Crippen LogP contribution is 2.37. The van der Waals surface area contributed by atoms with E-state index in [1.807, 2.05) is 60.7 Å². The van der Waals surface area contributed by atoms with E-state index in [-0.39, 0.29) is 0 Å². The van der Waals surface area contributed by atoms with E-state index in [1.165, 1.54) is 0 Å². The second kappa shape index (κ2) is 14.3. The Kier molecular flexibility index (Phi) is 8.39. The maximum Gasteiger partial charge on any atom is 0.164 e. The lowest BCUT2D eigenvalue weighted by molar-refractivity contribution is 1.07. The fraction of sp³-hybridized carbons (Fsp3) is 0. The molecule has 0 atom stereocenters. The molecule has 0 spiro atoms. The predicted octanol–water partition coefficient (Wildman–Crippen LogP) is 12.0. The van der Waals surface area contributed by atoms with Gasteiger partial charge in [0.15, 0.2) is 17.5 Å². The molecule has 0 saturated heterocycles. The zero-order chi connectivity index (χ0) is 37.3. The Balaban J connectivity index is 1.06. The molecule has 0 N–H and O–H groups in total. The molecule has 0 aliphatic rings. The molecule has 4 heterocycles. The van der Waals surface area contributed by atoms with Crippen LogP contribution < -0.4 is 0 Å². The third-order valence-corrected chi connectivity index (χ3v) is 10.0. The fourth-order valence-corrected chi connectivity index (χ4v) is 7.17. The van der Waals surface area contributed by atoms with Crippen LogP contribution in [0.3, 0.4) is 0 Å². The maximum absolute atomic E-state index is 5.36. The zero-order valence-corrected chi connectivity index (χ0v) is 30.2. The van der Waals surface area contributed by atoms with E-state index in [0.717, 1.165) is 83.3 Å². The summed E-state index contributed by atoms with van der Waals surface area (Å²) in [5, 5.41) is 2.12. The Morgan fingerprint density at radius 2 is 0.804 bits per heavy atom. The van der Waals surface area contributed by atoms with E-state index >= 15 is 0 Å². The Hall–Kier alpha value is -7.70. The minimum absolute atomic E-state index is 0.602. The van der Waals surface area contributed by atoms with Crippen molar-refractivity contribution in [3.05, 3.63) is 194 Å². The minimum Gasteiger partial charge on any atom is -0.265 e. The van der Waals surface area contributed by atoms with Crippen LogP contribution in [0.1, 0.15) is 0 Å². The summed E-state index contributed by atoms with van der Waals surface area (Å²) in [5.41, 5.74) is 12.8. The van der Waals surface area contributed by atoms with Gasteiger partial charge in [0.2, 0.25) is 0 Å². The SMILES string of the molecule is c1ccc(-c2ccc3ccc4c(-c5ccccc5)cc(-c5cccc(-c6ccc(-c7nc(-c8ccccc8)nc(-c8ccncc8)n7)cc6)c5)nc4c3n2)cc1. The number of benzene rings is 6. The van der Waals surface area contributed by atoms with Gasteiger partial charge in [-0.1, -0.05) is 152 Å². The van der Waals surface area contributed by atoms with Crippen LogP contribution in [0.5, 0.6) is 0 Å². The lowest BCUT2D eigenvalue weighted by atomic mass is 9.95. The average Bonchev–Trinajstić information content (AvgIpc) is 3.29. The summed E-state index contributed by atoms with van der Waals surface area (Å²) < 4.78 is 0. The first-order valence-corrected chi connectivity index (χ1v) is 18.5. The van der Waals surface area contributed by atoms with Crippen molar-refractivity contribution in [1.29, 1.82) is 0 Å². The van der Waals surface area contributed by atoms with Crippen LogP contribution in [0, 0.1) is 0 Å². The largest absolute Gasteiger partial charge is 0.265 e. The highest BCUT2D eigenvalue weighted by molar-refractivity contribution is 6.09. The molecule has 6 aromatic carbocycles. The summed E-state index contributed by atoms with van der Waals surface area (Å²) in [4.78, 5) is 29.4. The topological polar surface area (TPSA) is 77.3 Å². The molecule has 0 unspecified atom stereocenters. The number of pyridine rings is 3. The summed E-state index contributed by atoms with van der Waals surface area (Å²) in [7, 11) is 0. The molecule has 6 nitrogen and oxygen atoms in total. The van der Waals surface area contributed by atoms with Crippen molar-refractivity contribution in [2.75, 3.05) is 0 Å². The standard InChI is InChI=1S/C50H32N6/c1-4-11-34(12-5-1)43-32-45(53-47-42(43)25-23-36-24-26-44(52-46(36)47)35-13-6-2-7-14-35)41-18-10-17-40(31-41)33-19-21-38(22-20-33)49-54-48(37-15-8-3-9-16-37)55-50(56-49)39-27-29-51-30-28-39/h1-32H. The quantitative estimate of drug-likeness (QED) is 0.153. The zero-order valence-electron chi connectivity index (χ0n) is 30.2. The molecule has 56 heavy (non-hydrogen) atoms. The molecule has 0 radical (unpaired) electrons. The van der Waals surface area contributed by atoms with E-state index in [4.69, 9.17) is 24.9 Å². The highest BCUT2D eigenvalue weighted by Gasteiger charge is 2.16. The van der Waals surface area contributed by atoms with Gasteiger partial charge in [0.1, 0.15) is 0 Å². The van der Waals surface area contributed by atoms with Gasteiger partial charge in [0, 0.05) is 51.0 Å². The third kappa shape index (κ3) is 6.35. The van der Waals surface area contributed by atoms with Crippen LogP contribution in [-0.2, 0) is 0 Å². The number of fused-ring (bicyclic) bond motifs is 3. The molecule has 0 amide bonds. The Morgan fingerprint density at radius 3 is 1.48 bits per heavy atom. The molecule has 0 aliphatic heterocycles. The first kappa shape index (κ1) is 32.9. The molecule has 4 aromatic heterocycles. The van der Waals surface area contributed by atoms with Crippen LogP contribution in [-0.4, -0.2) is 29.9 Å². The van der Waals surface area contributed by atoms with Crippen molar-refractivity contribution in [2.24, 2.45) is 0 Å². The third-order valence-electron chi connectivity index (χ3n) is 10.0. The second-order valence-corrected chi connectivity index (χ2v) is 13.6. The lowest BCUT2D eigenvalue weighted by Crippen LogP contribution is -2.00. The monoisotopic (exact) mass is 716 g/mol. The summed E-state index contributed by atoms with van der Waals surface area (Å²) in [6.45, 7) is 0. The van der Waals surface area contributed by atoms with Crippen molar-refractivity contribution >= 4 is 21.8 Å². The first-order chi connectivity index (χ1) is 27.7. The molecule has 10 aromatic rings. The van der Waals surface area contributed by atoms with Crippen molar-refractivity contribution in [2.45, 2.75) is 0 Å². The Labute approximate surface area is 324 Å². The molecule has 262 valence electrons. The van der Waals surface area contributed by atoms with Crippen LogP contribution in [0.4, 0.5) is 0 Å². The van der Waals surface area contributed by atoms with Gasteiger partial charge >= 0.3 is 0 Å². The summed E-state index contributed by atoms with van der Waals surface area (Å²) in [6.07, 6.45) is 3.50. The van der Waals surface area contributed by atoms with Gasteiger partial charge in [-0.05, 0) is 52.6 Å². The lowest BCUT2D eigenvalue weighted by Gasteiger charge is -2.14. The fourth-order valence-electron chi connectivity index (χ4n) is 7.17. The number of nitrogens with zero attached hydrogens (tertiary/aromatic N) is 6. The maximum atomic E-state index is 5.36. The van der Waals surface area contributed by atoms with Crippen LogP contribution >= 0.6 is 0 Å². The Morgan fingerprint density at radius 1 is 0.286 bits per heavy atom. The van der Waals surface area contributed by atoms with Gasteiger partial charge in [-0.25, -0.2) is 24.9 Å². The molecular weight excluding hydrogens is 685 g/mol. The number of hydrogen-bond acceptors (Lipinski definition) is 6. The van der Waals surface area contributed by atoms with E-state index in [2.05, 4.69) is 126 Å². The van der Waals surface area contributed by atoms with Crippen molar-refractivity contribution in [1.82, 2.24) is 29.9 Å². The smallest absolute Gasteiger partial charge is 0.164 e. The predicted molar refractivity (Wildman–Crippen MR) is 226 cm³/mol. The molecule has 6 heteroatoms. The summed E-state index contributed by atoms with van der Waals surface area (Å²) >= 11 is 0. The van der Waals surface area contributed by atoms with Crippen molar-refractivity contribution in [3.8, 4) is 78.9 Å². The van der Waals surface area contributed by atoms with Gasteiger partial charge in [0.05, 0.1) is 22.4 Å². The molecule has 0 bridgehead atoms. The van der Waals surface area contributed by atoms with E-state index in [9.17, 15) is 0 Å². The molecule has 0 aliphatic carbocycles. The van der Waals surface area contributed by atoms with Gasteiger partial charge in [-0.3, -0.25) is 4.98 Å². The number of rotatable bonds is 7. The summed E-state index contributed by atoms with van der Waals surface area (Å²) in [6, 6.07) is 62.4. The van der Waals surface area contributed by atoms with E-state index in [1.54, 1.807) is 12.4 Å². The van der Waals surface area contributed by atoms with Gasteiger partial charge in [0.25, 0.3) is 0 Å². The number of aromatic nitrogens is 6. The number of hydrogen-bond donors (Lipinski definition) is 0. The molecule has 0 fully saturated rings. The first-order valence-electron chi connectivity index (χ1n) is 18.5.